The second-order valence-electron chi connectivity index (χ2n) is 23.7. The van der Waals surface area contributed by atoms with Gasteiger partial charge in [0.1, 0.15) is 59.5 Å². The molecule has 2 aliphatic rings. The number of hydrogen-bond acceptors (Lipinski definition) is 18. The second kappa shape index (κ2) is 34.0. The standard InChI is InChI=1S/C31H42FN3O7.C19H22N2O4.C12H22FNO4.CH4.27H2/c1-30(2,3)42-29(38)34(6)24(19-31(4,5)32)27(36)41-25(28(37)40-21-22-10-8-7-9-11-22)18-23-12-13-26(33-20-23)35-14-16-39-17-15-35;22-17(19(23)25-14-15-4-2-1-3-5-15)12-16-6-7-18(20-13-16)21-8-10-24-11-9-21;1-11(2,3)18-10(17)14(6)8(9(15)16)7-12(4,5)13;;;;;;;;;;;;;;;;;;;;;;;;;;;;/h7-13,20,24-25H,14-19,21H2,1-6H3;1-7,13,17,22H,8-12,14H2;8H,7H2,1-6H3,(H,15,16);1H4;27*1H/t24-,25+;17-;8-;;;;;;;;;;;;;;;;;;;;;;;;;;;;/m010............................/s1/i;;;;27*1+1D. The molecule has 2 N–H and O–H groups in total. The molecule has 0 bridgehead atoms. The number of aliphatic hydroxyl groups is 1. The van der Waals surface area contributed by atoms with E-state index in [1.807, 2.05) is 66.7 Å². The lowest BCUT2D eigenvalue weighted by atomic mass is 10.00. The zero-order chi connectivity index (χ0) is 117. The van der Waals surface area contributed by atoms with Gasteiger partial charge < -0.3 is 53.2 Å². The molecule has 0 spiro atoms. The Balaban J connectivity index is -0.0000000509. The molecule has 23 heteroatoms. The summed E-state index contributed by atoms with van der Waals surface area (Å²) < 4.78 is 336. The van der Waals surface area contributed by atoms with Gasteiger partial charge in [-0.15, -0.1) is 0 Å². The SMILES string of the molecule is C.CN(C(=O)OC(C)(C)C)[C@@H](CC(C)(C)F)C(=O)O.CN(C(=O)OC(C)(C)C)[C@@H](CC(C)(C)F)C(=O)O[C@H](Cc1ccc(N2CCOCC2)nc1)C(=O)OCc1ccccc1.O=C(OCc1ccccc1)[C@H](O)Cc1ccc(N2CCOCC2)nc1.[2H][2H].[2H][2H].[2H][2H].[2H][2H].[2H][2H].[2H][2H].[2H][2H].[2H][2H].[2H][2H].[2H][2H].[2H][2H].[2H][2H].[2H][2H].[2H][2H].[2H][2H].[2H][2H].[2H][2H].[2H][2H].[2H][2H].[2H][2H].[2H][2H].[2H][2H].[2H][2H].[2H][2H].[2H][2H].[2H][2H].[2H][2H]. The summed E-state index contributed by atoms with van der Waals surface area (Å²) in [5.74, 6) is -1.95. The predicted molar refractivity (Wildman–Crippen MR) is 377 cm³/mol. The topological polar surface area (TPSA) is 246 Å². The number of halogens is 2. The first-order chi connectivity index (χ1) is 66.8. The fourth-order valence-electron chi connectivity index (χ4n) is 8.20. The third-order valence-electron chi connectivity index (χ3n) is 12.6. The molecule has 6 rings (SSSR count). The average Bonchev–Trinajstić information content (AvgIpc) is 0.870. The third-order valence-corrected chi connectivity index (χ3v) is 12.6. The van der Waals surface area contributed by atoms with Crippen molar-refractivity contribution in [2.45, 2.75) is 162 Å². The van der Waals surface area contributed by atoms with E-state index in [1.54, 1.807) is 72.1 Å². The van der Waals surface area contributed by atoms with Gasteiger partial charge in [0.05, 0.1) is 26.4 Å². The Bertz CT molecular complexity index is 2840. The van der Waals surface area contributed by atoms with Gasteiger partial charge in [-0.25, -0.2) is 47.5 Å². The lowest BCUT2D eigenvalue weighted by Gasteiger charge is -2.32. The quantitative estimate of drug-likeness (QED) is 0.0581. The number of anilines is 2. The lowest BCUT2D eigenvalue weighted by molar-refractivity contribution is -0.172. The number of aliphatic carboxylic acids is 1. The van der Waals surface area contributed by atoms with Crippen LogP contribution < -0.4 is 9.80 Å². The number of amides is 2. The lowest BCUT2D eigenvalue weighted by Crippen LogP contribution is -2.49. The molecule has 2 aromatic carbocycles. The van der Waals surface area contributed by atoms with Crippen LogP contribution in [0.3, 0.4) is 0 Å². The fourth-order valence-corrected chi connectivity index (χ4v) is 8.20. The number of benzene rings is 2. The largest absolute Gasteiger partial charge is 0.480 e. The van der Waals surface area contributed by atoms with Crippen LogP contribution in [0.15, 0.2) is 97.3 Å². The smallest absolute Gasteiger partial charge is 0.410 e. The van der Waals surface area contributed by atoms with Gasteiger partial charge in [-0.2, -0.15) is 0 Å². The highest BCUT2D eigenvalue weighted by molar-refractivity contribution is 5.85. The molecular weight excluding hydrogens is 1120 g/mol. The molecule has 4 atom stereocenters. The van der Waals surface area contributed by atoms with Crippen molar-refractivity contribution in [3.05, 3.63) is 120 Å². The zero-order valence-electron chi connectivity index (χ0n) is 105. The number of carbonyl (C=O) groups is 6. The van der Waals surface area contributed by atoms with Crippen LogP contribution >= 0.6 is 0 Å². The first-order valence-corrected chi connectivity index (χ1v) is 28.1. The fraction of sp³-hybridized carbons (Fsp3) is 0.556. The van der Waals surface area contributed by atoms with Crippen molar-refractivity contribution < 1.29 is 161 Å². The summed E-state index contributed by atoms with van der Waals surface area (Å²) in [4.78, 5) is 89.3. The molecule has 0 aliphatic carbocycles. The van der Waals surface area contributed by atoms with Gasteiger partial charge in [-0.05, 0) is 104 Å². The van der Waals surface area contributed by atoms with Crippen molar-refractivity contribution in [1.29, 1.82) is 0 Å². The van der Waals surface area contributed by atoms with Gasteiger partial charge in [-0.1, -0.05) is 80.2 Å². The van der Waals surface area contributed by atoms with Crippen molar-refractivity contribution in [1.82, 2.24) is 19.8 Å². The van der Waals surface area contributed by atoms with Crippen molar-refractivity contribution >= 4 is 47.7 Å². The van der Waals surface area contributed by atoms with Crippen LogP contribution in [-0.2, 0) is 78.4 Å². The molecule has 2 saturated heterocycles. The highest BCUT2D eigenvalue weighted by Gasteiger charge is 2.39. The number of nitrogens with zero attached hydrogens (tertiary/aromatic N) is 6. The first-order valence-electron chi connectivity index (χ1n) is 55.1. The molecule has 2 fully saturated rings. The monoisotopic (exact) mass is 1320 g/mol. The van der Waals surface area contributed by atoms with E-state index >= 15 is 0 Å². The van der Waals surface area contributed by atoms with Crippen LogP contribution in [0.1, 0.15) is 192 Å². The summed E-state index contributed by atoms with van der Waals surface area (Å²) in [7, 11) is 2.63. The number of carboxylic acids is 1. The van der Waals surface area contributed by atoms with Crippen LogP contribution in [-0.4, -0.2) is 180 Å². The summed E-state index contributed by atoms with van der Waals surface area (Å²) in [6.45, 7) is 21.0. The minimum Gasteiger partial charge on any atom is -0.480 e. The van der Waals surface area contributed by atoms with Crippen LogP contribution in [0.4, 0.5) is 30.0 Å². The van der Waals surface area contributed by atoms with E-state index < -0.39 is 82.9 Å². The Morgan fingerprint density at radius 3 is 1.34 bits per heavy atom. The molecule has 0 radical (unpaired) electrons. The minimum atomic E-state index is -1.83. The molecule has 2 amide bonds. The number of morpholine rings is 2. The predicted octanol–water partition coefficient (Wildman–Crippen LogP) is 15.8. The van der Waals surface area contributed by atoms with E-state index in [0.29, 0.717) is 32.0 Å². The summed E-state index contributed by atoms with van der Waals surface area (Å²) in [5.41, 5.74) is -2.00. The molecular formula is C63H144F2N6O15. The number of alkyl halides is 2. The number of aromatic nitrogens is 2. The van der Waals surface area contributed by atoms with Crippen molar-refractivity contribution in [3.8, 4) is 0 Å². The summed E-state index contributed by atoms with van der Waals surface area (Å²) in [5, 5.41) is 19.1. The summed E-state index contributed by atoms with van der Waals surface area (Å²) in [6, 6.07) is 23.3. The number of aliphatic hydroxyl groups excluding tert-OH is 1. The Labute approximate surface area is 588 Å². The van der Waals surface area contributed by atoms with E-state index in [4.69, 9.17) is 118 Å². The van der Waals surface area contributed by atoms with E-state index in [0.717, 1.165) is 64.3 Å². The molecule has 21 nitrogen and oxygen atoms in total. The maximum atomic E-state index is 14.8. The van der Waals surface area contributed by atoms with Crippen LogP contribution in [0.2, 0.25) is 0 Å². The Kier molecular flexibility index (Phi) is 16.1. The summed E-state index contributed by atoms with van der Waals surface area (Å²) in [6.07, 6.45) is -1.36. The number of hydrogen-bond donors (Lipinski definition) is 2. The number of pyridine rings is 2. The maximum absolute atomic E-state index is 14.8. The number of ether oxygens (including phenoxy) is 7. The molecule has 4 aromatic rings. The van der Waals surface area contributed by atoms with Crippen molar-refractivity contribution in [2.75, 3.05) is 76.5 Å². The minimum absolute atomic E-state index is 0. The van der Waals surface area contributed by atoms with E-state index in [1.165, 1.54) is 41.8 Å². The number of likely N-dealkylation sites (N-methyl/N-ethyl adjacent to an activating group) is 2. The maximum Gasteiger partial charge on any atom is 0.410 e. The highest BCUT2D eigenvalue weighted by atomic mass is 19.1. The van der Waals surface area contributed by atoms with Crippen LogP contribution in [0.25, 0.3) is 0 Å². The van der Waals surface area contributed by atoms with Gasteiger partial charge in [0.2, 0.25) is 6.10 Å². The summed E-state index contributed by atoms with van der Waals surface area (Å²) >= 11 is 0. The second-order valence-corrected chi connectivity index (χ2v) is 23.7. The molecule has 530 valence electrons. The van der Waals surface area contributed by atoms with Crippen LogP contribution in [0, 0.1) is 0 Å². The van der Waals surface area contributed by atoms with Crippen molar-refractivity contribution in [2.24, 2.45) is 0 Å². The van der Waals surface area contributed by atoms with Crippen molar-refractivity contribution in [3.63, 3.8) is 0 Å². The number of carboxylic acid groups (broad SMARTS) is 1. The van der Waals surface area contributed by atoms with Gasteiger partial charge >= 0.3 is 36.1 Å². The molecule has 0 saturated carbocycles. The molecule has 86 heavy (non-hydrogen) atoms. The number of esters is 3. The molecule has 2 aromatic heterocycles. The third kappa shape index (κ3) is 27.3. The normalized spacial score (nSPS) is 17.5. The van der Waals surface area contributed by atoms with Gasteiger partial charge in [0.15, 0.2) is 6.10 Å². The molecule has 2 aliphatic heterocycles. The van der Waals surface area contributed by atoms with Gasteiger partial charge in [-0.3, -0.25) is 9.80 Å². The number of carbonyl (C=O) groups excluding carboxylic acids is 5. The first kappa shape index (κ1) is 40.8. The molecule has 0 unspecified atom stereocenters. The Morgan fingerprint density at radius 2 is 0.965 bits per heavy atom. The highest BCUT2D eigenvalue weighted by Crippen LogP contribution is 2.25. The zero-order valence-corrected chi connectivity index (χ0v) is 51.1. The molecule has 4 heterocycles. The average molecular weight is 1320 g/mol. The van der Waals surface area contributed by atoms with E-state index in [-0.39, 0.29) is 46.3 Å². The Hall–Kier alpha value is -7.50. The van der Waals surface area contributed by atoms with Gasteiger partial charge in [0.25, 0.3) is 0 Å². The number of rotatable bonds is 21. The van der Waals surface area contributed by atoms with Gasteiger partial charge in [0, 0.05) is 159 Å². The van der Waals surface area contributed by atoms with E-state index in [2.05, 4.69) is 19.8 Å². The van der Waals surface area contributed by atoms with Crippen LogP contribution in [0.5, 0.6) is 0 Å². The Morgan fingerprint density at radius 1 is 0.581 bits per heavy atom. The van der Waals surface area contributed by atoms with E-state index in [9.17, 15) is 42.7 Å².